The number of benzene rings is 1. The molecule has 152 valence electrons. The fourth-order valence-corrected chi connectivity index (χ4v) is 4.18. The summed E-state index contributed by atoms with van der Waals surface area (Å²) in [5, 5.41) is 9.49. The number of fused-ring (bicyclic) bond motifs is 1. The van der Waals surface area contributed by atoms with Crippen molar-refractivity contribution in [2.45, 2.75) is 38.9 Å². The van der Waals surface area contributed by atoms with E-state index >= 15 is 0 Å². The van der Waals surface area contributed by atoms with Gasteiger partial charge in [0.2, 0.25) is 5.91 Å². The number of carbonyl (C=O) groups is 1. The summed E-state index contributed by atoms with van der Waals surface area (Å²) in [5.74, 6) is 1.49. The number of hydrogen-bond acceptors (Lipinski definition) is 5. The average molecular weight is 413 g/mol. The summed E-state index contributed by atoms with van der Waals surface area (Å²) in [5.41, 5.74) is -0.128. The van der Waals surface area contributed by atoms with Crippen molar-refractivity contribution in [3.05, 3.63) is 69.0 Å². The minimum Gasteiger partial charge on any atom is -0.492 e. The number of nitrogens with zero attached hydrogens (tertiary/aromatic N) is 3. The van der Waals surface area contributed by atoms with E-state index in [2.05, 4.69) is 10.4 Å². The maximum absolute atomic E-state index is 12.7. The monoisotopic (exact) mass is 412 g/mol. The molecular weight excluding hydrogens is 388 g/mol. The Hall–Kier alpha value is -2.87. The van der Waals surface area contributed by atoms with Crippen molar-refractivity contribution in [3.8, 4) is 5.75 Å². The first-order valence-electron chi connectivity index (χ1n) is 9.85. The van der Waals surface area contributed by atoms with Gasteiger partial charge >= 0.3 is 5.69 Å². The molecule has 0 aliphatic carbocycles. The summed E-state index contributed by atoms with van der Waals surface area (Å²) in [6, 6.07) is 13.5. The van der Waals surface area contributed by atoms with Crippen molar-refractivity contribution in [1.29, 1.82) is 0 Å². The zero-order valence-electron chi connectivity index (χ0n) is 16.1. The topological polar surface area (TPSA) is 78.2 Å². The van der Waals surface area contributed by atoms with Gasteiger partial charge in [-0.05, 0) is 36.4 Å². The lowest BCUT2D eigenvalue weighted by molar-refractivity contribution is -0.125. The molecule has 7 nitrogen and oxygen atoms in total. The van der Waals surface area contributed by atoms with Crippen LogP contribution in [0.3, 0.4) is 0 Å². The number of hydrogen-bond donors (Lipinski definition) is 1. The Morgan fingerprint density at radius 3 is 2.86 bits per heavy atom. The average Bonchev–Trinajstić information content (AvgIpc) is 3.30. The van der Waals surface area contributed by atoms with Gasteiger partial charge in [0.15, 0.2) is 0 Å². The molecule has 0 radical (unpaired) electrons. The summed E-state index contributed by atoms with van der Waals surface area (Å²) in [6.07, 6.45) is 1.97. The highest BCUT2D eigenvalue weighted by atomic mass is 32.1. The number of amides is 1. The second kappa shape index (κ2) is 9.09. The van der Waals surface area contributed by atoms with Gasteiger partial charge in [0.05, 0.1) is 13.1 Å². The number of aromatic nitrogens is 3. The Labute approximate surface area is 172 Å². The molecule has 1 aliphatic heterocycles. The highest BCUT2D eigenvalue weighted by Crippen LogP contribution is 2.19. The molecule has 8 heteroatoms. The Balaban J connectivity index is 1.31. The SMILES string of the molecule is O=C(NCc1cccs1)C1CCc2nn(CCOc3ccccc3)c(=O)n2CC1. The van der Waals surface area contributed by atoms with Crippen molar-refractivity contribution >= 4 is 17.2 Å². The molecule has 1 unspecified atom stereocenters. The molecule has 29 heavy (non-hydrogen) atoms. The van der Waals surface area contributed by atoms with Gasteiger partial charge < -0.3 is 10.1 Å². The minimum absolute atomic E-state index is 0.0562. The summed E-state index contributed by atoms with van der Waals surface area (Å²) in [4.78, 5) is 26.3. The maximum Gasteiger partial charge on any atom is 0.346 e. The van der Waals surface area contributed by atoms with Gasteiger partial charge in [-0.2, -0.15) is 5.10 Å². The molecule has 2 aromatic heterocycles. The number of nitrogens with one attached hydrogen (secondary N) is 1. The van der Waals surface area contributed by atoms with Gasteiger partial charge in [-0.1, -0.05) is 24.3 Å². The predicted molar refractivity (Wildman–Crippen MR) is 111 cm³/mol. The summed E-state index contributed by atoms with van der Waals surface area (Å²) >= 11 is 1.63. The third-order valence-electron chi connectivity index (χ3n) is 5.12. The third kappa shape index (κ3) is 4.76. The molecule has 1 aliphatic rings. The van der Waals surface area contributed by atoms with E-state index in [9.17, 15) is 9.59 Å². The normalized spacial score (nSPS) is 16.1. The number of para-hydroxylation sites is 1. The first kappa shape index (κ1) is 19.4. The highest BCUT2D eigenvalue weighted by molar-refractivity contribution is 7.09. The van der Waals surface area contributed by atoms with Crippen molar-refractivity contribution in [2.24, 2.45) is 5.92 Å². The molecule has 1 atom stereocenters. The second-order valence-electron chi connectivity index (χ2n) is 7.06. The van der Waals surface area contributed by atoms with Gasteiger partial charge in [0.25, 0.3) is 0 Å². The van der Waals surface area contributed by atoms with Crippen LogP contribution in [0.5, 0.6) is 5.75 Å². The quantitative estimate of drug-likeness (QED) is 0.647. The number of thiophene rings is 1. The molecular formula is C21H24N4O3S. The molecule has 0 saturated carbocycles. The fourth-order valence-electron chi connectivity index (χ4n) is 3.53. The molecule has 3 heterocycles. The zero-order chi connectivity index (χ0) is 20.1. The number of aryl methyl sites for hydroxylation is 1. The van der Waals surface area contributed by atoms with Gasteiger partial charge in [0.1, 0.15) is 18.2 Å². The van der Waals surface area contributed by atoms with E-state index in [0.717, 1.165) is 16.5 Å². The predicted octanol–water partition coefficient (Wildman–Crippen LogP) is 2.45. The smallest absolute Gasteiger partial charge is 0.346 e. The Bertz CT molecular complexity index is 995. The molecule has 1 aromatic carbocycles. The van der Waals surface area contributed by atoms with Crippen LogP contribution in [0.4, 0.5) is 0 Å². The van der Waals surface area contributed by atoms with E-state index in [0.29, 0.717) is 45.5 Å². The summed E-state index contributed by atoms with van der Waals surface area (Å²) < 4.78 is 8.84. The van der Waals surface area contributed by atoms with Gasteiger partial charge in [-0.25, -0.2) is 9.48 Å². The minimum atomic E-state index is -0.128. The lowest BCUT2D eigenvalue weighted by Gasteiger charge is -2.13. The van der Waals surface area contributed by atoms with Gasteiger partial charge in [-0.3, -0.25) is 9.36 Å². The van der Waals surface area contributed by atoms with E-state index < -0.39 is 0 Å². The molecule has 0 fully saturated rings. The highest BCUT2D eigenvalue weighted by Gasteiger charge is 2.25. The largest absolute Gasteiger partial charge is 0.492 e. The Morgan fingerprint density at radius 2 is 2.07 bits per heavy atom. The summed E-state index contributed by atoms with van der Waals surface area (Å²) in [6.45, 7) is 1.86. The first-order chi connectivity index (χ1) is 14.2. The molecule has 3 aromatic rings. The van der Waals surface area contributed by atoms with Crippen molar-refractivity contribution in [3.63, 3.8) is 0 Å². The molecule has 1 N–H and O–H groups in total. The number of rotatable bonds is 7. The third-order valence-corrected chi connectivity index (χ3v) is 6.00. The molecule has 4 rings (SSSR count). The van der Waals surface area contributed by atoms with Crippen molar-refractivity contribution in [2.75, 3.05) is 6.61 Å². The van der Waals surface area contributed by atoms with Crippen molar-refractivity contribution < 1.29 is 9.53 Å². The van der Waals surface area contributed by atoms with Gasteiger partial charge in [-0.15, -0.1) is 11.3 Å². The molecule has 0 saturated heterocycles. The van der Waals surface area contributed by atoms with Crippen LogP contribution in [-0.4, -0.2) is 26.9 Å². The van der Waals surface area contributed by atoms with Crippen LogP contribution in [0, 0.1) is 5.92 Å². The van der Waals surface area contributed by atoms with Gasteiger partial charge in [0, 0.05) is 23.8 Å². The van der Waals surface area contributed by atoms with Crippen LogP contribution in [0.2, 0.25) is 0 Å². The van der Waals surface area contributed by atoms with E-state index in [1.54, 1.807) is 15.9 Å². The van der Waals surface area contributed by atoms with E-state index in [1.807, 2.05) is 47.8 Å². The Morgan fingerprint density at radius 1 is 1.21 bits per heavy atom. The summed E-state index contributed by atoms with van der Waals surface area (Å²) in [7, 11) is 0. The Kier molecular flexibility index (Phi) is 6.09. The number of carbonyl (C=O) groups excluding carboxylic acids is 1. The number of ether oxygens (including phenoxy) is 1. The van der Waals surface area contributed by atoms with Crippen LogP contribution in [-0.2, 0) is 30.8 Å². The maximum atomic E-state index is 12.7. The van der Waals surface area contributed by atoms with Crippen LogP contribution < -0.4 is 15.7 Å². The van der Waals surface area contributed by atoms with E-state index in [4.69, 9.17) is 4.74 Å². The fraction of sp³-hybridized carbons (Fsp3) is 0.381. The molecule has 1 amide bonds. The van der Waals surface area contributed by atoms with Crippen molar-refractivity contribution in [1.82, 2.24) is 19.7 Å². The van der Waals surface area contributed by atoms with E-state index in [-0.39, 0.29) is 17.5 Å². The lowest BCUT2D eigenvalue weighted by Crippen LogP contribution is -2.31. The van der Waals surface area contributed by atoms with Crippen LogP contribution in [0.1, 0.15) is 23.5 Å². The van der Waals surface area contributed by atoms with Crippen LogP contribution in [0.25, 0.3) is 0 Å². The molecule has 0 spiro atoms. The lowest BCUT2D eigenvalue weighted by atomic mass is 9.99. The van der Waals surface area contributed by atoms with Crippen LogP contribution >= 0.6 is 11.3 Å². The second-order valence-corrected chi connectivity index (χ2v) is 8.09. The standard InChI is InChI=1S/C21H24N4O3S/c26-20(22-15-18-7-4-14-29-18)16-8-9-19-23-25(21(27)24(19)11-10-16)12-13-28-17-5-2-1-3-6-17/h1-7,14,16H,8-13,15H2,(H,22,26). The zero-order valence-corrected chi connectivity index (χ0v) is 16.9. The van der Waals surface area contributed by atoms with E-state index in [1.165, 1.54) is 4.68 Å². The molecule has 0 bridgehead atoms. The van der Waals surface area contributed by atoms with Crippen LogP contribution in [0.15, 0.2) is 52.6 Å². The first-order valence-corrected chi connectivity index (χ1v) is 10.7.